The van der Waals surface area contributed by atoms with Crippen molar-refractivity contribution in [1.82, 2.24) is 9.55 Å². The quantitative estimate of drug-likeness (QED) is 0.467. The molecule has 0 aliphatic heterocycles. The number of hydrogen-bond acceptors (Lipinski definition) is 2. The number of aromatic amines is 1. The highest BCUT2D eigenvalue weighted by molar-refractivity contribution is 14.1. The molecule has 6 heteroatoms. The molecule has 2 heterocycles. The summed E-state index contributed by atoms with van der Waals surface area (Å²) in [5.41, 5.74) is 1.68. The molecule has 2 aromatic heterocycles. The monoisotopic (exact) mass is 416 g/mol. The number of benzene rings is 1. The van der Waals surface area contributed by atoms with E-state index in [2.05, 4.69) is 11.9 Å². The van der Waals surface area contributed by atoms with Gasteiger partial charge < -0.3 is 14.0 Å². The van der Waals surface area contributed by atoms with Crippen molar-refractivity contribution in [2.75, 3.05) is 0 Å². The van der Waals surface area contributed by atoms with Crippen LogP contribution < -0.4 is 0 Å². The second-order valence-electron chi connectivity index (χ2n) is 5.05. The summed E-state index contributed by atoms with van der Waals surface area (Å²) in [6.45, 7) is 2.09. The summed E-state index contributed by atoms with van der Waals surface area (Å²) in [5.74, 6) is 0.734. The van der Waals surface area contributed by atoms with Crippen molar-refractivity contribution in [2.45, 2.75) is 25.8 Å². The lowest BCUT2D eigenvalue weighted by Crippen LogP contribution is -2.06. The first-order valence-electron chi connectivity index (χ1n) is 6.68. The molecule has 0 fully saturated rings. The fraction of sp³-hybridized carbons (Fsp3) is 0.267. The van der Waals surface area contributed by atoms with E-state index in [1.165, 1.54) is 0 Å². The van der Waals surface area contributed by atoms with E-state index < -0.39 is 0 Å². The van der Waals surface area contributed by atoms with Crippen LogP contribution in [0, 0.1) is 14.2 Å². The van der Waals surface area contributed by atoms with Gasteiger partial charge in [0.1, 0.15) is 11.6 Å². The maximum absolute atomic E-state index is 13.8. The molecule has 0 bridgehead atoms. The minimum atomic E-state index is -0.218. The third kappa shape index (κ3) is 2.91. The lowest BCUT2D eigenvalue weighted by molar-refractivity contribution is 0.455. The van der Waals surface area contributed by atoms with Crippen LogP contribution in [0.3, 0.4) is 0 Å². The SMILES string of the molecule is CC(CCc1ccco1)n1c(=S)[nH]c2cc(I)c(F)cc21. The Hall–Kier alpha value is -1.15. The topological polar surface area (TPSA) is 33.9 Å². The van der Waals surface area contributed by atoms with E-state index >= 15 is 0 Å². The first-order chi connectivity index (χ1) is 10.1. The van der Waals surface area contributed by atoms with E-state index in [0.29, 0.717) is 8.34 Å². The van der Waals surface area contributed by atoms with Gasteiger partial charge in [0, 0.05) is 18.5 Å². The molecule has 1 aromatic carbocycles. The zero-order valence-corrected chi connectivity index (χ0v) is 14.4. The third-order valence-electron chi connectivity index (χ3n) is 3.59. The molecule has 3 rings (SSSR count). The molecule has 21 heavy (non-hydrogen) atoms. The Morgan fingerprint density at radius 3 is 3.00 bits per heavy atom. The van der Waals surface area contributed by atoms with Gasteiger partial charge in [0.2, 0.25) is 0 Å². The summed E-state index contributed by atoms with van der Waals surface area (Å²) in [7, 11) is 0. The van der Waals surface area contributed by atoms with Crippen LogP contribution in [-0.2, 0) is 6.42 Å². The number of aryl methyl sites for hydroxylation is 1. The molecule has 0 saturated heterocycles. The van der Waals surface area contributed by atoms with Crippen molar-refractivity contribution in [3.63, 3.8) is 0 Å². The molecule has 0 aliphatic carbocycles. The van der Waals surface area contributed by atoms with Crippen molar-refractivity contribution in [3.05, 3.63) is 50.4 Å². The zero-order valence-electron chi connectivity index (χ0n) is 11.4. The summed E-state index contributed by atoms with van der Waals surface area (Å²) in [6.07, 6.45) is 3.38. The molecule has 1 unspecified atom stereocenters. The Morgan fingerprint density at radius 1 is 1.48 bits per heavy atom. The van der Waals surface area contributed by atoms with E-state index in [9.17, 15) is 4.39 Å². The van der Waals surface area contributed by atoms with Gasteiger partial charge in [-0.05, 0) is 66.4 Å². The molecule has 0 aliphatic rings. The zero-order chi connectivity index (χ0) is 15.0. The van der Waals surface area contributed by atoms with E-state index in [0.717, 1.165) is 29.6 Å². The molecule has 0 spiro atoms. The predicted octanol–water partition coefficient (Wildman–Crippen LogP) is 5.23. The molecule has 0 saturated carbocycles. The Morgan fingerprint density at radius 2 is 2.29 bits per heavy atom. The van der Waals surface area contributed by atoms with E-state index in [1.54, 1.807) is 18.4 Å². The summed E-state index contributed by atoms with van der Waals surface area (Å²) in [5, 5.41) is 0. The molecule has 110 valence electrons. The number of rotatable bonds is 4. The molecule has 0 radical (unpaired) electrons. The first-order valence-corrected chi connectivity index (χ1v) is 8.16. The van der Waals surface area contributed by atoms with Crippen LogP contribution in [0.15, 0.2) is 34.9 Å². The van der Waals surface area contributed by atoms with Crippen molar-refractivity contribution in [3.8, 4) is 0 Å². The van der Waals surface area contributed by atoms with Crippen molar-refractivity contribution in [1.29, 1.82) is 0 Å². The molecule has 1 N–H and O–H groups in total. The molecule has 1 atom stereocenters. The van der Waals surface area contributed by atoms with Crippen LogP contribution in [0.25, 0.3) is 11.0 Å². The van der Waals surface area contributed by atoms with Gasteiger partial charge in [-0.15, -0.1) is 0 Å². The number of H-pyrrole nitrogens is 1. The van der Waals surface area contributed by atoms with Crippen LogP contribution in [0.4, 0.5) is 4.39 Å². The highest BCUT2D eigenvalue weighted by Crippen LogP contribution is 2.25. The predicted molar refractivity (Wildman–Crippen MR) is 91.5 cm³/mol. The van der Waals surface area contributed by atoms with Gasteiger partial charge >= 0.3 is 0 Å². The normalized spacial score (nSPS) is 12.9. The van der Waals surface area contributed by atoms with Crippen molar-refractivity contribution in [2.24, 2.45) is 0 Å². The van der Waals surface area contributed by atoms with Gasteiger partial charge in [-0.25, -0.2) is 4.39 Å². The Balaban J connectivity index is 1.93. The smallest absolute Gasteiger partial charge is 0.178 e. The average Bonchev–Trinajstić information content (AvgIpc) is 3.04. The first kappa shape index (κ1) is 14.8. The largest absolute Gasteiger partial charge is 0.469 e. The third-order valence-corrected chi connectivity index (χ3v) is 4.71. The maximum atomic E-state index is 13.8. The number of furan rings is 1. The highest BCUT2D eigenvalue weighted by atomic mass is 127. The lowest BCUT2D eigenvalue weighted by atomic mass is 10.1. The number of halogens is 2. The van der Waals surface area contributed by atoms with Gasteiger partial charge in [-0.2, -0.15) is 0 Å². The summed E-state index contributed by atoms with van der Waals surface area (Å²) in [6, 6.07) is 7.34. The van der Waals surface area contributed by atoms with Crippen LogP contribution in [0.1, 0.15) is 25.1 Å². The van der Waals surface area contributed by atoms with Gasteiger partial charge in [0.05, 0.1) is 20.9 Å². The average molecular weight is 416 g/mol. The fourth-order valence-electron chi connectivity index (χ4n) is 2.49. The van der Waals surface area contributed by atoms with Crippen molar-refractivity contribution < 1.29 is 8.81 Å². The maximum Gasteiger partial charge on any atom is 0.178 e. The number of nitrogens with one attached hydrogen (secondary N) is 1. The van der Waals surface area contributed by atoms with Crippen LogP contribution in [-0.4, -0.2) is 9.55 Å². The second-order valence-corrected chi connectivity index (χ2v) is 6.60. The molecular formula is C15H14FIN2OS. The molecule has 0 amide bonds. The Kier molecular flexibility index (Phi) is 4.17. The lowest BCUT2D eigenvalue weighted by Gasteiger charge is -2.14. The van der Waals surface area contributed by atoms with Crippen molar-refractivity contribution >= 4 is 45.8 Å². The number of fused-ring (bicyclic) bond motifs is 1. The van der Waals surface area contributed by atoms with E-state index in [1.807, 2.05) is 39.3 Å². The summed E-state index contributed by atoms with van der Waals surface area (Å²) < 4.78 is 22.4. The van der Waals surface area contributed by atoms with Gasteiger partial charge in [0.15, 0.2) is 4.77 Å². The number of imidazole rings is 1. The minimum Gasteiger partial charge on any atom is -0.469 e. The summed E-state index contributed by atoms with van der Waals surface area (Å²) in [4.78, 5) is 3.15. The summed E-state index contributed by atoms with van der Waals surface area (Å²) >= 11 is 7.37. The Labute approximate surface area is 140 Å². The number of aromatic nitrogens is 2. The molecule has 3 aromatic rings. The molecular weight excluding hydrogens is 402 g/mol. The second kappa shape index (κ2) is 5.92. The van der Waals surface area contributed by atoms with Crippen LogP contribution in [0.5, 0.6) is 0 Å². The van der Waals surface area contributed by atoms with E-state index in [-0.39, 0.29) is 11.9 Å². The minimum absolute atomic E-state index is 0.163. The molecule has 3 nitrogen and oxygen atoms in total. The fourth-order valence-corrected chi connectivity index (χ4v) is 3.35. The van der Waals surface area contributed by atoms with Gasteiger partial charge in [0.25, 0.3) is 0 Å². The number of hydrogen-bond donors (Lipinski definition) is 1. The van der Waals surface area contributed by atoms with Crippen LogP contribution in [0.2, 0.25) is 0 Å². The van der Waals surface area contributed by atoms with E-state index in [4.69, 9.17) is 16.6 Å². The highest BCUT2D eigenvalue weighted by Gasteiger charge is 2.14. The van der Waals surface area contributed by atoms with Crippen LogP contribution >= 0.6 is 34.8 Å². The Bertz CT molecular complexity index is 822. The van der Waals surface area contributed by atoms with Gasteiger partial charge in [-0.1, -0.05) is 0 Å². The standard InChI is InChI=1S/C15H14FIN2OS/c1-9(4-5-10-3-2-6-20-10)19-14-7-11(16)12(17)8-13(14)18-15(19)21/h2-3,6-9H,4-5H2,1H3,(H,18,21). The van der Waals surface area contributed by atoms with Gasteiger partial charge in [-0.3, -0.25) is 0 Å². The number of nitrogens with zero attached hydrogens (tertiary/aromatic N) is 1.